The third-order valence-corrected chi connectivity index (χ3v) is 5.43. The number of carboxylic acid groups (broad SMARTS) is 1. The number of benzene rings is 1. The van der Waals surface area contributed by atoms with Gasteiger partial charge in [-0.05, 0) is 62.4 Å². The van der Waals surface area contributed by atoms with Crippen molar-refractivity contribution in [2.45, 2.75) is 38.3 Å². The molecule has 1 saturated carbocycles. The molecule has 0 bridgehead atoms. The van der Waals surface area contributed by atoms with Crippen LogP contribution in [0.1, 0.15) is 31.2 Å². The molecule has 0 spiro atoms. The number of hydrogen-bond acceptors (Lipinski definition) is 2. The fourth-order valence-electron chi connectivity index (χ4n) is 2.63. The van der Waals surface area contributed by atoms with Crippen LogP contribution in [0.15, 0.2) is 27.1 Å². The fourth-order valence-corrected chi connectivity index (χ4v) is 3.30. The van der Waals surface area contributed by atoms with E-state index in [-0.39, 0.29) is 6.54 Å². The summed E-state index contributed by atoms with van der Waals surface area (Å²) in [4.78, 5) is 13.1. The Morgan fingerprint density at radius 2 is 1.95 bits per heavy atom. The van der Waals surface area contributed by atoms with Gasteiger partial charge in [-0.15, -0.1) is 0 Å². The van der Waals surface area contributed by atoms with Gasteiger partial charge in [0.1, 0.15) is 0 Å². The monoisotopic (exact) mass is 389 g/mol. The SMILES string of the molecule is O=C(O)CN(Cc1ccc(Br)c(Br)c1)C1CCCC1. The number of hydrogen-bond donors (Lipinski definition) is 1. The van der Waals surface area contributed by atoms with E-state index in [0.29, 0.717) is 12.6 Å². The first-order valence-corrected chi connectivity index (χ1v) is 8.04. The number of aliphatic carboxylic acids is 1. The van der Waals surface area contributed by atoms with E-state index in [2.05, 4.69) is 36.8 Å². The van der Waals surface area contributed by atoms with Gasteiger partial charge in [0, 0.05) is 21.5 Å². The highest BCUT2D eigenvalue weighted by Crippen LogP contribution is 2.27. The predicted octanol–water partition coefficient (Wildman–Crippen LogP) is 4.04. The summed E-state index contributed by atoms with van der Waals surface area (Å²) in [5.74, 6) is -0.747. The van der Waals surface area contributed by atoms with E-state index in [1.54, 1.807) is 0 Å². The maximum absolute atomic E-state index is 11.0. The number of halogens is 2. The summed E-state index contributed by atoms with van der Waals surface area (Å²) in [6.45, 7) is 0.821. The second kappa shape index (κ2) is 6.86. The molecule has 3 nitrogen and oxygen atoms in total. The third-order valence-electron chi connectivity index (χ3n) is 3.55. The Bertz CT molecular complexity index is 459. The van der Waals surface area contributed by atoms with E-state index in [0.717, 1.165) is 27.4 Å². The standard InChI is InChI=1S/C14H17Br2NO2/c15-12-6-5-10(7-13(12)16)8-17(9-14(18)19)11-3-1-2-4-11/h5-7,11H,1-4,8-9H2,(H,18,19). The lowest BCUT2D eigenvalue weighted by atomic mass is 10.1. The first kappa shape index (κ1) is 15.0. The second-order valence-electron chi connectivity index (χ2n) is 4.99. The van der Waals surface area contributed by atoms with Crippen LogP contribution in [0.3, 0.4) is 0 Å². The van der Waals surface area contributed by atoms with Crippen LogP contribution in [0.2, 0.25) is 0 Å². The van der Waals surface area contributed by atoms with Gasteiger partial charge < -0.3 is 5.11 Å². The van der Waals surface area contributed by atoms with Gasteiger partial charge in [0.05, 0.1) is 6.54 Å². The topological polar surface area (TPSA) is 40.5 Å². The minimum absolute atomic E-state index is 0.123. The van der Waals surface area contributed by atoms with E-state index in [9.17, 15) is 4.79 Å². The highest BCUT2D eigenvalue weighted by atomic mass is 79.9. The molecule has 1 aromatic rings. The molecule has 0 saturated heterocycles. The summed E-state index contributed by atoms with van der Waals surface area (Å²) in [5.41, 5.74) is 1.14. The van der Waals surface area contributed by atoms with Crippen molar-refractivity contribution >= 4 is 37.8 Å². The highest BCUT2D eigenvalue weighted by molar-refractivity contribution is 9.13. The van der Waals surface area contributed by atoms with Crippen molar-refractivity contribution in [2.24, 2.45) is 0 Å². The molecule has 0 radical (unpaired) electrons. The van der Waals surface area contributed by atoms with E-state index < -0.39 is 5.97 Å². The van der Waals surface area contributed by atoms with Crippen LogP contribution >= 0.6 is 31.9 Å². The molecule has 1 aliphatic rings. The average Bonchev–Trinajstić information content (AvgIpc) is 2.86. The van der Waals surface area contributed by atoms with E-state index in [4.69, 9.17) is 5.11 Å². The number of rotatable bonds is 5. The number of nitrogens with zero attached hydrogens (tertiary/aromatic N) is 1. The molecule has 0 amide bonds. The van der Waals surface area contributed by atoms with Crippen LogP contribution in [-0.4, -0.2) is 28.6 Å². The molecular weight excluding hydrogens is 374 g/mol. The van der Waals surface area contributed by atoms with Gasteiger partial charge in [0.2, 0.25) is 0 Å². The zero-order chi connectivity index (χ0) is 13.8. The molecule has 19 heavy (non-hydrogen) atoms. The van der Waals surface area contributed by atoms with Gasteiger partial charge in [0.15, 0.2) is 0 Å². The second-order valence-corrected chi connectivity index (χ2v) is 6.69. The largest absolute Gasteiger partial charge is 0.480 e. The minimum Gasteiger partial charge on any atom is -0.480 e. The molecule has 104 valence electrons. The number of carboxylic acids is 1. The Balaban J connectivity index is 2.09. The molecule has 1 aromatic carbocycles. The molecule has 0 aliphatic heterocycles. The Kier molecular flexibility index (Phi) is 5.42. The predicted molar refractivity (Wildman–Crippen MR) is 82.1 cm³/mol. The highest BCUT2D eigenvalue weighted by Gasteiger charge is 2.24. The molecule has 0 heterocycles. The lowest BCUT2D eigenvalue weighted by Gasteiger charge is -2.27. The summed E-state index contributed by atoms with van der Waals surface area (Å²) in [5, 5.41) is 9.06. The third kappa shape index (κ3) is 4.29. The Labute approximate surface area is 130 Å². The molecule has 0 atom stereocenters. The van der Waals surface area contributed by atoms with Crippen molar-refractivity contribution in [1.82, 2.24) is 4.90 Å². The minimum atomic E-state index is -0.747. The Morgan fingerprint density at radius 1 is 1.26 bits per heavy atom. The smallest absolute Gasteiger partial charge is 0.317 e. The molecule has 0 aromatic heterocycles. The van der Waals surface area contributed by atoms with E-state index in [1.165, 1.54) is 12.8 Å². The molecule has 0 unspecified atom stereocenters. The van der Waals surface area contributed by atoms with Crippen molar-refractivity contribution < 1.29 is 9.90 Å². The summed E-state index contributed by atoms with van der Waals surface area (Å²) in [6, 6.07) is 6.50. The first-order chi connectivity index (χ1) is 9.06. The zero-order valence-electron chi connectivity index (χ0n) is 10.6. The maximum atomic E-state index is 11.0. The molecule has 1 fully saturated rings. The normalized spacial score (nSPS) is 16.2. The van der Waals surface area contributed by atoms with Crippen LogP contribution in [0.25, 0.3) is 0 Å². The molecule has 1 aliphatic carbocycles. The molecule has 5 heteroatoms. The van der Waals surface area contributed by atoms with Crippen LogP contribution in [0, 0.1) is 0 Å². The van der Waals surface area contributed by atoms with Gasteiger partial charge in [-0.2, -0.15) is 0 Å². The fraction of sp³-hybridized carbons (Fsp3) is 0.500. The van der Waals surface area contributed by atoms with Crippen molar-refractivity contribution in [3.63, 3.8) is 0 Å². The first-order valence-electron chi connectivity index (χ1n) is 6.46. The quantitative estimate of drug-likeness (QED) is 0.824. The van der Waals surface area contributed by atoms with Crippen LogP contribution in [-0.2, 0) is 11.3 Å². The molecule has 1 N–H and O–H groups in total. The molecule has 2 rings (SSSR count). The van der Waals surface area contributed by atoms with Crippen molar-refractivity contribution in [2.75, 3.05) is 6.54 Å². The van der Waals surface area contributed by atoms with Gasteiger partial charge in [-0.1, -0.05) is 18.9 Å². The zero-order valence-corrected chi connectivity index (χ0v) is 13.8. The van der Waals surface area contributed by atoms with Gasteiger partial charge in [-0.3, -0.25) is 9.69 Å². The van der Waals surface area contributed by atoms with Crippen molar-refractivity contribution in [1.29, 1.82) is 0 Å². The van der Waals surface area contributed by atoms with E-state index in [1.807, 2.05) is 18.2 Å². The van der Waals surface area contributed by atoms with Gasteiger partial charge >= 0.3 is 5.97 Å². The molecular formula is C14H17Br2NO2. The lowest BCUT2D eigenvalue weighted by Crippen LogP contribution is -2.37. The number of carbonyl (C=O) groups is 1. The van der Waals surface area contributed by atoms with Crippen LogP contribution in [0.4, 0.5) is 0 Å². The maximum Gasteiger partial charge on any atom is 0.317 e. The summed E-state index contributed by atoms with van der Waals surface area (Å²) in [7, 11) is 0. The summed E-state index contributed by atoms with van der Waals surface area (Å²) >= 11 is 6.94. The van der Waals surface area contributed by atoms with Gasteiger partial charge in [0.25, 0.3) is 0 Å². The van der Waals surface area contributed by atoms with Gasteiger partial charge in [-0.25, -0.2) is 0 Å². The summed E-state index contributed by atoms with van der Waals surface area (Å²) in [6.07, 6.45) is 4.66. The summed E-state index contributed by atoms with van der Waals surface area (Å²) < 4.78 is 2.02. The van der Waals surface area contributed by atoms with Crippen LogP contribution < -0.4 is 0 Å². The Morgan fingerprint density at radius 3 is 2.53 bits per heavy atom. The van der Waals surface area contributed by atoms with E-state index >= 15 is 0 Å². The average molecular weight is 391 g/mol. The van der Waals surface area contributed by atoms with Crippen LogP contribution in [0.5, 0.6) is 0 Å². The lowest BCUT2D eigenvalue weighted by molar-refractivity contribution is -0.139. The van der Waals surface area contributed by atoms with Crippen molar-refractivity contribution in [3.05, 3.63) is 32.7 Å². The van der Waals surface area contributed by atoms with Crippen molar-refractivity contribution in [3.8, 4) is 0 Å². The Hall–Kier alpha value is -0.390.